The van der Waals surface area contributed by atoms with Gasteiger partial charge < -0.3 is 9.84 Å². The average molecular weight is 215 g/mol. The van der Waals surface area contributed by atoms with Gasteiger partial charge in [-0.1, -0.05) is 29.8 Å². The number of methoxy groups -OCH3 is 1. The van der Waals surface area contributed by atoms with Crippen LogP contribution in [0.5, 0.6) is 0 Å². The first-order chi connectivity index (χ1) is 6.65. The van der Waals surface area contributed by atoms with Gasteiger partial charge in [0, 0.05) is 18.6 Å². The monoisotopic (exact) mass is 214 g/mol. The van der Waals surface area contributed by atoms with Crippen molar-refractivity contribution in [3.8, 4) is 0 Å². The van der Waals surface area contributed by atoms with Crippen molar-refractivity contribution < 1.29 is 14.6 Å². The van der Waals surface area contributed by atoms with Crippen molar-refractivity contribution in [2.45, 2.75) is 12.5 Å². The minimum Gasteiger partial charge on any atom is -0.479 e. The first-order valence-electron chi connectivity index (χ1n) is 4.14. The van der Waals surface area contributed by atoms with Gasteiger partial charge in [-0.15, -0.1) is 0 Å². The summed E-state index contributed by atoms with van der Waals surface area (Å²) in [6, 6.07) is 7.13. The summed E-state index contributed by atoms with van der Waals surface area (Å²) in [6.07, 6.45) is -0.555. The molecule has 1 N–H and O–H groups in total. The van der Waals surface area contributed by atoms with Crippen molar-refractivity contribution in [3.05, 3.63) is 34.9 Å². The zero-order chi connectivity index (χ0) is 10.6. The lowest BCUT2D eigenvalue weighted by Gasteiger charge is -2.10. The minimum atomic E-state index is -0.979. The Kier molecular flexibility index (Phi) is 3.92. The molecule has 1 aromatic rings. The lowest BCUT2D eigenvalue weighted by molar-refractivity contribution is -0.148. The number of carboxylic acids is 1. The lowest BCUT2D eigenvalue weighted by atomic mass is 10.1. The average Bonchev–Trinajstić information content (AvgIpc) is 2.16. The topological polar surface area (TPSA) is 46.5 Å². The van der Waals surface area contributed by atoms with Crippen molar-refractivity contribution >= 4 is 17.6 Å². The molecular formula is C10H11ClO3. The fourth-order valence-corrected chi connectivity index (χ4v) is 1.35. The molecule has 14 heavy (non-hydrogen) atoms. The quantitative estimate of drug-likeness (QED) is 0.834. The number of carbonyl (C=O) groups is 1. The molecule has 0 heterocycles. The molecule has 0 amide bonds. The van der Waals surface area contributed by atoms with Crippen LogP contribution in [-0.4, -0.2) is 24.3 Å². The van der Waals surface area contributed by atoms with Crippen LogP contribution in [0.1, 0.15) is 5.56 Å². The number of rotatable bonds is 4. The highest BCUT2D eigenvalue weighted by Gasteiger charge is 2.17. The number of hydrogen-bond donors (Lipinski definition) is 1. The Morgan fingerprint density at radius 1 is 1.57 bits per heavy atom. The molecule has 0 radical (unpaired) electrons. The van der Waals surface area contributed by atoms with E-state index in [0.29, 0.717) is 5.02 Å². The summed E-state index contributed by atoms with van der Waals surface area (Å²) in [4.78, 5) is 10.7. The molecule has 0 aliphatic carbocycles. The highest BCUT2D eigenvalue weighted by molar-refractivity contribution is 6.31. The Hall–Kier alpha value is -1.06. The zero-order valence-electron chi connectivity index (χ0n) is 7.74. The fraction of sp³-hybridized carbons (Fsp3) is 0.300. The maximum Gasteiger partial charge on any atom is 0.333 e. The highest BCUT2D eigenvalue weighted by atomic mass is 35.5. The first-order valence-corrected chi connectivity index (χ1v) is 4.52. The Morgan fingerprint density at radius 2 is 2.21 bits per heavy atom. The van der Waals surface area contributed by atoms with Gasteiger partial charge in [0.25, 0.3) is 0 Å². The summed E-state index contributed by atoms with van der Waals surface area (Å²) in [7, 11) is 1.37. The van der Waals surface area contributed by atoms with E-state index < -0.39 is 12.1 Å². The molecule has 76 valence electrons. The van der Waals surface area contributed by atoms with E-state index in [9.17, 15) is 4.79 Å². The smallest absolute Gasteiger partial charge is 0.333 e. The summed E-state index contributed by atoms with van der Waals surface area (Å²) in [5, 5.41) is 9.32. The van der Waals surface area contributed by atoms with Gasteiger partial charge in [0.2, 0.25) is 0 Å². The predicted octanol–water partition coefficient (Wildman–Crippen LogP) is 1.98. The van der Waals surface area contributed by atoms with Crippen molar-refractivity contribution in [2.75, 3.05) is 7.11 Å². The van der Waals surface area contributed by atoms with Gasteiger partial charge >= 0.3 is 5.97 Å². The number of carboxylic acid groups (broad SMARTS) is 1. The molecule has 0 fully saturated rings. The van der Waals surface area contributed by atoms with Crippen molar-refractivity contribution in [3.63, 3.8) is 0 Å². The van der Waals surface area contributed by atoms with Crippen LogP contribution in [0.2, 0.25) is 5.02 Å². The summed E-state index contributed by atoms with van der Waals surface area (Å²) < 4.78 is 4.81. The molecule has 3 nitrogen and oxygen atoms in total. The van der Waals surface area contributed by atoms with E-state index in [-0.39, 0.29) is 6.42 Å². The molecule has 1 rings (SSSR count). The molecule has 1 aromatic carbocycles. The second-order valence-electron chi connectivity index (χ2n) is 2.86. The van der Waals surface area contributed by atoms with Gasteiger partial charge in [0.1, 0.15) is 0 Å². The first kappa shape index (κ1) is 11.0. The van der Waals surface area contributed by atoms with E-state index in [0.717, 1.165) is 5.56 Å². The van der Waals surface area contributed by atoms with Crippen LogP contribution in [0.4, 0.5) is 0 Å². The van der Waals surface area contributed by atoms with E-state index in [1.54, 1.807) is 18.2 Å². The van der Waals surface area contributed by atoms with Gasteiger partial charge in [0.15, 0.2) is 6.10 Å². The van der Waals surface area contributed by atoms with Gasteiger partial charge in [-0.3, -0.25) is 0 Å². The third-order valence-electron chi connectivity index (χ3n) is 1.92. The van der Waals surface area contributed by atoms with Crippen molar-refractivity contribution in [1.82, 2.24) is 0 Å². The second-order valence-corrected chi connectivity index (χ2v) is 3.27. The molecule has 0 saturated carbocycles. The van der Waals surface area contributed by atoms with Gasteiger partial charge in [-0.25, -0.2) is 4.79 Å². The lowest BCUT2D eigenvalue weighted by Crippen LogP contribution is -2.24. The zero-order valence-corrected chi connectivity index (χ0v) is 8.49. The largest absolute Gasteiger partial charge is 0.479 e. The molecule has 0 aromatic heterocycles. The van der Waals surface area contributed by atoms with E-state index in [1.165, 1.54) is 7.11 Å². The third kappa shape index (κ3) is 2.72. The normalized spacial score (nSPS) is 12.4. The van der Waals surface area contributed by atoms with E-state index in [1.807, 2.05) is 6.07 Å². The molecule has 0 aliphatic rings. The van der Waals surface area contributed by atoms with E-state index >= 15 is 0 Å². The maximum atomic E-state index is 10.7. The predicted molar refractivity (Wildman–Crippen MR) is 53.6 cm³/mol. The summed E-state index contributed by atoms with van der Waals surface area (Å²) in [5.74, 6) is -0.979. The highest BCUT2D eigenvalue weighted by Crippen LogP contribution is 2.17. The minimum absolute atomic E-state index is 0.283. The van der Waals surface area contributed by atoms with Crippen LogP contribution >= 0.6 is 11.6 Å². The van der Waals surface area contributed by atoms with Gasteiger partial charge in [0.05, 0.1) is 0 Å². The van der Waals surface area contributed by atoms with Gasteiger partial charge in [-0.2, -0.15) is 0 Å². The molecule has 0 bridgehead atoms. The number of benzene rings is 1. The SMILES string of the molecule is CO[C@H](Cc1ccccc1Cl)C(=O)O. The Morgan fingerprint density at radius 3 is 2.71 bits per heavy atom. The number of aliphatic carboxylic acids is 1. The second kappa shape index (κ2) is 4.98. The Labute approximate surface area is 87.3 Å². The summed E-state index contributed by atoms with van der Waals surface area (Å²) >= 11 is 5.88. The van der Waals surface area contributed by atoms with Crippen LogP contribution in [0.15, 0.2) is 24.3 Å². The van der Waals surface area contributed by atoms with E-state index in [2.05, 4.69) is 0 Å². The fourth-order valence-electron chi connectivity index (χ4n) is 1.14. The standard InChI is InChI=1S/C10H11ClO3/c1-14-9(10(12)13)6-7-4-2-3-5-8(7)11/h2-5,9H,6H2,1H3,(H,12,13)/t9-/m1/s1. The third-order valence-corrected chi connectivity index (χ3v) is 2.29. The molecule has 4 heteroatoms. The number of ether oxygens (including phenoxy) is 1. The summed E-state index contributed by atoms with van der Waals surface area (Å²) in [6.45, 7) is 0. The number of hydrogen-bond acceptors (Lipinski definition) is 2. The molecule has 0 unspecified atom stereocenters. The van der Waals surface area contributed by atoms with Crippen LogP contribution in [0, 0.1) is 0 Å². The molecule has 0 saturated heterocycles. The van der Waals surface area contributed by atoms with Crippen LogP contribution in [-0.2, 0) is 16.0 Å². The van der Waals surface area contributed by atoms with Crippen LogP contribution in [0.25, 0.3) is 0 Å². The molecule has 0 spiro atoms. The van der Waals surface area contributed by atoms with Crippen molar-refractivity contribution in [1.29, 1.82) is 0 Å². The van der Waals surface area contributed by atoms with Gasteiger partial charge in [-0.05, 0) is 11.6 Å². The Bertz CT molecular complexity index is 325. The van der Waals surface area contributed by atoms with Crippen LogP contribution in [0.3, 0.4) is 0 Å². The Balaban J connectivity index is 2.77. The summed E-state index contributed by atoms with van der Waals surface area (Å²) in [5.41, 5.74) is 0.781. The molecule has 0 aliphatic heterocycles. The van der Waals surface area contributed by atoms with Crippen molar-refractivity contribution in [2.24, 2.45) is 0 Å². The number of halogens is 1. The van der Waals surface area contributed by atoms with Crippen LogP contribution < -0.4 is 0 Å². The maximum absolute atomic E-state index is 10.7. The molecular weight excluding hydrogens is 204 g/mol. The molecule has 1 atom stereocenters. The van der Waals surface area contributed by atoms with E-state index in [4.69, 9.17) is 21.4 Å².